The van der Waals surface area contributed by atoms with Crippen LogP contribution in [0.3, 0.4) is 0 Å². The zero-order chi connectivity index (χ0) is 18.8. The van der Waals surface area contributed by atoms with Crippen LogP contribution in [0.15, 0.2) is 24.3 Å². The van der Waals surface area contributed by atoms with Gasteiger partial charge in [-0.1, -0.05) is 32.0 Å². The minimum Gasteiger partial charge on any atom is -0.481 e. The van der Waals surface area contributed by atoms with E-state index in [-0.39, 0.29) is 24.9 Å². The first-order valence-corrected chi connectivity index (χ1v) is 8.29. The minimum atomic E-state index is -4.42. The molecule has 0 heterocycles. The summed E-state index contributed by atoms with van der Waals surface area (Å²) in [7, 11) is 0. The number of carbonyl (C=O) groups is 2. The second kappa shape index (κ2) is 7.45. The molecule has 0 saturated heterocycles. The largest absolute Gasteiger partial charge is 0.481 e. The van der Waals surface area contributed by atoms with Crippen LogP contribution in [0.2, 0.25) is 0 Å². The van der Waals surface area contributed by atoms with Crippen LogP contribution in [0.5, 0.6) is 0 Å². The Bertz CT molecular complexity index is 641. The molecule has 1 fully saturated rings. The molecule has 1 amide bonds. The van der Waals surface area contributed by atoms with E-state index < -0.39 is 29.5 Å². The van der Waals surface area contributed by atoms with Crippen LogP contribution < -0.4 is 0 Å². The maximum atomic E-state index is 12.8. The molecule has 0 spiro atoms. The predicted octanol–water partition coefficient (Wildman–Crippen LogP) is 3.60. The molecular weight excluding hydrogens is 335 g/mol. The summed E-state index contributed by atoms with van der Waals surface area (Å²) in [6, 6.07) is 5.02. The van der Waals surface area contributed by atoms with Crippen LogP contribution in [-0.2, 0) is 22.2 Å². The molecule has 1 aliphatic rings. The number of carboxylic acid groups (broad SMARTS) is 1. The maximum absolute atomic E-state index is 12.8. The fraction of sp³-hybridized carbons (Fsp3) is 0.556. The molecular formula is C18H22F3NO3. The zero-order valence-corrected chi connectivity index (χ0v) is 14.2. The molecule has 0 radical (unpaired) electrons. The third kappa shape index (κ3) is 5.21. The number of halogens is 3. The average molecular weight is 357 g/mol. The molecule has 1 N–H and O–H groups in total. The summed E-state index contributed by atoms with van der Waals surface area (Å²) in [4.78, 5) is 25.3. The number of benzene rings is 1. The van der Waals surface area contributed by atoms with Gasteiger partial charge in [0.1, 0.15) is 0 Å². The highest BCUT2D eigenvalue weighted by atomic mass is 19.4. The number of carbonyl (C=O) groups excluding carboxylic acids is 1. The Labute approximate surface area is 144 Å². The van der Waals surface area contributed by atoms with E-state index in [1.54, 1.807) is 24.8 Å². The van der Waals surface area contributed by atoms with Gasteiger partial charge in [-0.05, 0) is 30.9 Å². The van der Waals surface area contributed by atoms with Crippen LogP contribution in [0, 0.1) is 11.8 Å². The van der Waals surface area contributed by atoms with Crippen LogP contribution in [0.4, 0.5) is 13.2 Å². The van der Waals surface area contributed by atoms with Gasteiger partial charge in [0.15, 0.2) is 0 Å². The minimum absolute atomic E-state index is 0.0539. The first-order valence-electron chi connectivity index (χ1n) is 8.29. The van der Waals surface area contributed by atoms with E-state index in [0.717, 1.165) is 25.0 Å². The average Bonchev–Trinajstić information content (AvgIpc) is 3.35. The van der Waals surface area contributed by atoms with Gasteiger partial charge in [0.2, 0.25) is 5.91 Å². The molecule has 1 aromatic rings. The normalized spacial score (nSPS) is 17.0. The molecule has 138 valence electrons. The smallest absolute Gasteiger partial charge is 0.416 e. The molecule has 2 rings (SSSR count). The van der Waals surface area contributed by atoms with Gasteiger partial charge in [0.25, 0.3) is 0 Å². The number of alkyl halides is 3. The first kappa shape index (κ1) is 19.3. The number of aliphatic carboxylic acids is 1. The summed E-state index contributed by atoms with van der Waals surface area (Å²) in [5.74, 6) is -2.35. The number of hydrogen-bond donors (Lipinski definition) is 1. The molecule has 1 aromatic carbocycles. The molecule has 25 heavy (non-hydrogen) atoms. The van der Waals surface area contributed by atoms with Crippen molar-refractivity contribution in [2.45, 2.75) is 45.3 Å². The van der Waals surface area contributed by atoms with Crippen molar-refractivity contribution in [1.82, 2.24) is 4.90 Å². The standard InChI is InChI=1S/C18H22F3NO3/c1-11(8-13-4-3-5-14(9-13)18(19,20)21)16(23)22(15-6-7-15)10-12(2)17(24)25/h3-5,9,11-12,15H,6-8,10H2,1-2H3,(H,24,25). The van der Waals surface area contributed by atoms with Crippen molar-refractivity contribution in [3.63, 3.8) is 0 Å². The number of amides is 1. The topological polar surface area (TPSA) is 57.6 Å². The van der Waals surface area contributed by atoms with Crippen molar-refractivity contribution in [2.24, 2.45) is 11.8 Å². The fourth-order valence-corrected chi connectivity index (χ4v) is 2.78. The predicted molar refractivity (Wildman–Crippen MR) is 85.8 cm³/mol. The van der Waals surface area contributed by atoms with Crippen molar-refractivity contribution < 1.29 is 27.9 Å². The fourth-order valence-electron chi connectivity index (χ4n) is 2.78. The molecule has 1 aliphatic carbocycles. The van der Waals surface area contributed by atoms with Crippen molar-refractivity contribution in [1.29, 1.82) is 0 Å². The van der Waals surface area contributed by atoms with Crippen molar-refractivity contribution in [3.05, 3.63) is 35.4 Å². The van der Waals surface area contributed by atoms with E-state index in [1.165, 1.54) is 6.07 Å². The van der Waals surface area contributed by atoms with E-state index >= 15 is 0 Å². The molecule has 0 aromatic heterocycles. The molecule has 0 aliphatic heterocycles. The Morgan fingerprint density at radius 2 is 1.88 bits per heavy atom. The lowest BCUT2D eigenvalue weighted by Crippen LogP contribution is -2.41. The second-order valence-electron chi connectivity index (χ2n) is 6.76. The van der Waals surface area contributed by atoms with Crippen molar-refractivity contribution in [2.75, 3.05) is 6.54 Å². The molecule has 1 saturated carbocycles. The Kier molecular flexibility index (Phi) is 5.75. The Balaban J connectivity index is 2.07. The lowest BCUT2D eigenvalue weighted by molar-refractivity contribution is -0.144. The zero-order valence-electron chi connectivity index (χ0n) is 14.2. The highest BCUT2D eigenvalue weighted by Gasteiger charge is 2.36. The van der Waals surface area contributed by atoms with Gasteiger partial charge in [-0.15, -0.1) is 0 Å². The Morgan fingerprint density at radius 3 is 2.40 bits per heavy atom. The lowest BCUT2D eigenvalue weighted by atomic mass is 9.97. The quantitative estimate of drug-likeness (QED) is 0.811. The number of nitrogens with zero attached hydrogens (tertiary/aromatic N) is 1. The Morgan fingerprint density at radius 1 is 1.24 bits per heavy atom. The van der Waals surface area contributed by atoms with E-state index in [9.17, 15) is 22.8 Å². The van der Waals surface area contributed by atoms with Gasteiger partial charge in [-0.25, -0.2) is 0 Å². The number of hydrogen-bond acceptors (Lipinski definition) is 2. The lowest BCUT2D eigenvalue weighted by Gasteiger charge is -2.27. The number of carboxylic acids is 1. The molecule has 0 bridgehead atoms. The van der Waals surface area contributed by atoms with Gasteiger partial charge >= 0.3 is 12.1 Å². The van der Waals surface area contributed by atoms with Gasteiger partial charge in [0.05, 0.1) is 11.5 Å². The SMILES string of the molecule is CC(CN(C(=O)C(C)Cc1cccc(C(F)(F)F)c1)C1CC1)C(=O)O. The van der Waals surface area contributed by atoms with E-state index in [0.29, 0.717) is 5.56 Å². The van der Waals surface area contributed by atoms with Crippen LogP contribution in [0.1, 0.15) is 37.8 Å². The van der Waals surface area contributed by atoms with Crippen LogP contribution >= 0.6 is 0 Å². The van der Waals surface area contributed by atoms with Gasteiger partial charge in [-0.2, -0.15) is 13.2 Å². The molecule has 4 nitrogen and oxygen atoms in total. The van der Waals surface area contributed by atoms with Gasteiger partial charge in [-0.3, -0.25) is 9.59 Å². The van der Waals surface area contributed by atoms with E-state index in [4.69, 9.17) is 5.11 Å². The third-order valence-corrected chi connectivity index (χ3v) is 4.38. The third-order valence-electron chi connectivity index (χ3n) is 4.38. The van der Waals surface area contributed by atoms with E-state index in [2.05, 4.69) is 0 Å². The summed E-state index contributed by atoms with van der Waals surface area (Å²) >= 11 is 0. The first-order chi connectivity index (χ1) is 11.6. The highest BCUT2D eigenvalue weighted by molar-refractivity contribution is 5.80. The number of rotatable bonds is 7. The summed E-state index contributed by atoms with van der Waals surface area (Å²) < 4.78 is 38.4. The highest BCUT2D eigenvalue weighted by Crippen LogP contribution is 2.31. The monoisotopic (exact) mass is 357 g/mol. The van der Waals surface area contributed by atoms with Gasteiger partial charge in [0, 0.05) is 18.5 Å². The second-order valence-corrected chi connectivity index (χ2v) is 6.76. The summed E-state index contributed by atoms with van der Waals surface area (Å²) in [6.07, 6.45) is -2.55. The molecule has 7 heteroatoms. The maximum Gasteiger partial charge on any atom is 0.416 e. The Hall–Kier alpha value is -2.05. The molecule has 2 unspecified atom stereocenters. The van der Waals surface area contributed by atoms with Crippen molar-refractivity contribution in [3.8, 4) is 0 Å². The molecule has 2 atom stereocenters. The van der Waals surface area contributed by atoms with Gasteiger partial charge < -0.3 is 10.0 Å². The van der Waals surface area contributed by atoms with Crippen LogP contribution in [0.25, 0.3) is 0 Å². The van der Waals surface area contributed by atoms with E-state index in [1.807, 2.05) is 0 Å². The van der Waals surface area contributed by atoms with Crippen molar-refractivity contribution >= 4 is 11.9 Å². The summed E-state index contributed by atoms with van der Waals surface area (Å²) in [5.41, 5.74) is -0.291. The summed E-state index contributed by atoms with van der Waals surface area (Å²) in [6.45, 7) is 3.34. The van der Waals surface area contributed by atoms with Crippen LogP contribution in [-0.4, -0.2) is 34.5 Å². The summed E-state index contributed by atoms with van der Waals surface area (Å²) in [5, 5.41) is 9.05.